The van der Waals surface area contributed by atoms with Gasteiger partial charge < -0.3 is 14.7 Å². The highest BCUT2D eigenvalue weighted by atomic mass is 16.5. The number of hydrogen-bond donors (Lipinski definition) is 1. The lowest BCUT2D eigenvalue weighted by molar-refractivity contribution is -0.140. The van der Waals surface area contributed by atoms with Crippen LogP contribution in [-0.2, 0) is 16.0 Å². The number of amides is 1. The molecular weight excluding hydrogens is 282 g/mol. The SMILES string of the molecule is O=C(O)c1ccccc1CCC(=O)N1CCOC[C@H]1C1CC1. The smallest absolute Gasteiger partial charge is 0.335 e. The van der Waals surface area contributed by atoms with Crippen LogP contribution in [0.2, 0.25) is 0 Å². The zero-order valence-electron chi connectivity index (χ0n) is 12.5. The van der Waals surface area contributed by atoms with Crippen LogP contribution in [0.5, 0.6) is 0 Å². The third-order valence-electron chi connectivity index (χ3n) is 4.51. The van der Waals surface area contributed by atoms with Gasteiger partial charge in [0, 0.05) is 13.0 Å². The predicted molar refractivity (Wildman–Crippen MR) is 80.8 cm³/mol. The van der Waals surface area contributed by atoms with E-state index in [1.165, 1.54) is 12.8 Å². The van der Waals surface area contributed by atoms with E-state index in [0.717, 1.165) is 5.56 Å². The molecule has 5 heteroatoms. The zero-order valence-corrected chi connectivity index (χ0v) is 12.5. The Morgan fingerprint density at radius 3 is 2.77 bits per heavy atom. The van der Waals surface area contributed by atoms with Crippen LogP contribution in [0.4, 0.5) is 0 Å². The molecule has 0 bridgehead atoms. The molecule has 1 aliphatic heterocycles. The summed E-state index contributed by atoms with van der Waals surface area (Å²) >= 11 is 0. The van der Waals surface area contributed by atoms with Crippen LogP contribution in [0.3, 0.4) is 0 Å². The summed E-state index contributed by atoms with van der Waals surface area (Å²) in [5.41, 5.74) is 1.01. The number of aromatic carboxylic acids is 1. The standard InChI is InChI=1S/C17H21NO4/c19-16(18-9-10-22-11-15(18)13-5-6-13)8-7-12-3-1-2-4-14(12)17(20)21/h1-4,13,15H,5-11H2,(H,20,21)/t15-/m0/s1. The van der Waals surface area contributed by atoms with Crippen LogP contribution in [0, 0.1) is 5.92 Å². The second-order valence-corrected chi connectivity index (χ2v) is 6.03. The van der Waals surface area contributed by atoms with Gasteiger partial charge in [0.05, 0.1) is 24.8 Å². The number of carboxylic acid groups (broad SMARTS) is 1. The number of benzene rings is 1. The fraction of sp³-hybridized carbons (Fsp3) is 0.529. The second-order valence-electron chi connectivity index (χ2n) is 6.03. The van der Waals surface area contributed by atoms with E-state index >= 15 is 0 Å². The molecule has 0 spiro atoms. The maximum absolute atomic E-state index is 12.5. The topological polar surface area (TPSA) is 66.8 Å². The van der Waals surface area contributed by atoms with Crippen LogP contribution in [0.25, 0.3) is 0 Å². The Bertz CT molecular complexity index is 568. The number of nitrogens with zero attached hydrogens (tertiary/aromatic N) is 1. The van der Waals surface area contributed by atoms with Crippen molar-refractivity contribution in [3.05, 3.63) is 35.4 Å². The van der Waals surface area contributed by atoms with E-state index in [2.05, 4.69) is 0 Å². The van der Waals surface area contributed by atoms with Gasteiger partial charge in [-0.05, 0) is 36.8 Å². The van der Waals surface area contributed by atoms with Crippen molar-refractivity contribution in [2.75, 3.05) is 19.8 Å². The minimum absolute atomic E-state index is 0.111. The first-order valence-corrected chi connectivity index (χ1v) is 7.85. The van der Waals surface area contributed by atoms with Gasteiger partial charge in [0.2, 0.25) is 5.91 Å². The van der Waals surface area contributed by atoms with E-state index in [-0.39, 0.29) is 17.5 Å². The van der Waals surface area contributed by atoms with Crippen LogP contribution < -0.4 is 0 Å². The number of morpholine rings is 1. The number of carboxylic acids is 1. The van der Waals surface area contributed by atoms with Crippen LogP contribution in [0.1, 0.15) is 35.2 Å². The van der Waals surface area contributed by atoms with Gasteiger partial charge in [0.1, 0.15) is 0 Å². The lowest BCUT2D eigenvalue weighted by atomic mass is 10.0. The predicted octanol–water partition coefficient (Wildman–Crippen LogP) is 1.95. The van der Waals surface area contributed by atoms with E-state index in [1.807, 2.05) is 11.0 Å². The minimum Gasteiger partial charge on any atom is -0.478 e. The summed E-state index contributed by atoms with van der Waals surface area (Å²) in [5.74, 6) is -0.235. The van der Waals surface area contributed by atoms with Crippen molar-refractivity contribution in [1.29, 1.82) is 0 Å². The molecule has 2 fully saturated rings. The van der Waals surface area contributed by atoms with E-state index in [0.29, 0.717) is 38.5 Å². The Morgan fingerprint density at radius 2 is 2.05 bits per heavy atom. The zero-order chi connectivity index (χ0) is 15.5. The Hall–Kier alpha value is -1.88. The quantitative estimate of drug-likeness (QED) is 0.903. The van der Waals surface area contributed by atoms with Gasteiger partial charge >= 0.3 is 5.97 Å². The Kier molecular flexibility index (Phi) is 4.43. The summed E-state index contributed by atoms with van der Waals surface area (Å²) in [7, 11) is 0. The normalized spacial score (nSPS) is 21.6. The molecule has 3 rings (SSSR count). The number of rotatable bonds is 5. The first-order chi connectivity index (χ1) is 10.7. The van der Waals surface area contributed by atoms with Crippen molar-refractivity contribution in [2.24, 2.45) is 5.92 Å². The number of hydrogen-bond acceptors (Lipinski definition) is 3. The van der Waals surface area contributed by atoms with E-state index in [4.69, 9.17) is 4.74 Å². The fourth-order valence-corrected chi connectivity index (χ4v) is 3.14. The molecule has 5 nitrogen and oxygen atoms in total. The monoisotopic (exact) mass is 303 g/mol. The molecular formula is C17H21NO4. The highest BCUT2D eigenvalue weighted by Crippen LogP contribution is 2.36. The Balaban J connectivity index is 1.63. The van der Waals surface area contributed by atoms with Crippen molar-refractivity contribution in [1.82, 2.24) is 4.90 Å². The molecule has 1 saturated carbocycles. The Morgan fingerprint density at radius 1 is 1.27 bits per heavy atom. The lowest BCUT2D eigenvalue weighted by Crippen LogP contribution is -2.49. The molecule has 0 unspecified atom stereocenters. The molecule has 0 radical (unpaired) electrons. The van der Waals surface area contributed by atoms with Gasteiger partial charge in [-0.2, -0.15) is 0 Å². The maximum atomic E-state index is 12.5. The third-order valence-corrected chi connectivity index (χ3v) is 4.51. The van der Waals surface area contributed by atoms with Gasteiger partial charge in [-0.1, -0.05) is 18.2 Å². The first-order valence-electron chi connectivity index (χ1n) is 7.85. The molecule has 1 heterocycles. The molecule has 1 aliphatic carbocycles. The number of ether oxygens (including phenoxy) is 1. The van der Waals surface area contributed by atoms with Crippen molar-refractivity contribution in [3.63, 3.8) is 0 Å². The van der Waals surface area contributed by atoms with Crippen molar-refractivity contribution >= 4 is 11.9 Å². The van der Waals surface area contributed by atoms with Crippen molar-refractivity contribution in [3.8, 4) is 0 Å². The Labute approximate surface area is 129 Å². The highest BCUT2D eigenvalue weighted by molar-refractivity contribution is 5.89. The molecule has 1 atom stereocenters. The number of carbonyl (C=O) groups is 2. The summed E-state index contributed by atoms with van der Waals surface area (Å²) in [6.45, 7) is 1.89. The average molecular weight is 303 g/mol. The van der Waals surface area contributed by atoms with E-state index in [1.54, 1.807) is 18.2 Å². The van der Waals surface area contributed by atoms with Crippen LogP contribution >= 0.6 is 0 Å². The fourth-order valence-electron chi connectivity index (χ4n) is 3.14. The van der Waals surface area contributed by atoms with Gasteiger partial charge in [0.15, 0.2) is 0 Å². The summed E-state index contributed by atoms with van der Waals surface area (Å²) < 4.78 is 5.51. The third kappa shape index (κ3) is 3.30. The molecule has 1 N–H and O–H groups in total. The molecule has 1 aromatic rings. The molecule has 1 saturated heterocycles. The molecule has 22 heavy (non-hydrogen) atoms. The first kappa shape index (κ1) is 15.0. The van der Waals surface area contributed by atoms with Crippen LogP contribution in [0.15, 0.2) is 24.3 Å². The van der Waals surface area contributed by atoms with E-state index < -0.39 is 5.97 Å². The molecule has 118 valence electrons. The second kappa shape index (κ2) is 6.48. The summed E-state index contributed by atoms with van der Waals surface area (Å²) in [4.78, 5) is 25.7. The molecule has 1 amide bonds. The summed E-state index contributed by atoms with van der Waals surface area (Å²) in [5, 5.41) is 9.19. The largest absolute Gasteiger partial charge is 0.478 e. The van der Waals surface area contributed by atoms with Crippen LogP contribution in [-0.4, -0.2) is 47.7 Å². The molecule has 2 aliphatic rings. The van der Waals surface area contributed by atoms with Gasteiger partial charge in [-0.25, -0.2) is 4.79 Å². The number of aryl methyl sites for hydroxylation is 1. The highest BCUT2D eigenvalue weighted by Gasteiger charge is 2.38. The van der Waals surface area contributed by atoms with Gasteiger partial charge in [-0.3, -0.25) is 4.79 Å². The maximum Gasteiger partial charge on any atom is 0.335 e. The lowest BCUT2D eigenvalue weighted by Gasteiger charge is -2.36. The average Bonchev–Trinajstić information content (AvgIpc) is 3.37. The van der Waals surface area contributed by atoms with Crippen molar-refractivity contribution in [2.45, 2.75) is 31.7 Å². The van der Waals surface area contributed by atoms with Gasteiger partial charge in [-0.15, -0.1) is 0 Å². The van der Waals surface area contributed by atoms with E-state index in [9.17, 15) is 14.7 Å². The summed E-state index contributed by atoms with van der Waals surface area (Å²) in [6, 6.07) is 7.11. The van der Waals surface area contributed by atoms with Gasteiger partial charge in [0.25, 0.3) is 0 Å². The van der Waals surface area contributed by atoms with Crippen molar-refractivity contribution < 1.29 is 19.4 Å². The summed E-state index contributed by atoms with van der Waals surface area (Å²) in [6.07, 6.45) is 3.18. The molecule has 1 aromatic carbocycles. The number of carbonyl (C=O) groups excluding carboxylic acids is 1. The minimum atomic E-state index is -0.940. The molecule has 0 aromatic heterocycles.